The SMILES string of the molecule is COc1cc(Cl)cc(S(=O)(=O)Cl)c1F. The van der Waals surface area contributed by atoms with Gasteiger partial charge in [0.2, 0.25) is 0 Å². The van der Waals surface area contributed by atoms with Crippen LogP contribution in [0.1, 0.15) is 0 Å². The molecule has 0 spiro atoms. The average Bonchev–Trinajstić information content (AvgIpc) is 2.06. The Hall–Kier alpha value is -0.520. The van der Waals surface area contributed by atoms with E-state index in [-0.39, 0.29) is 10.8 Å². The minimum absolute atomic E-state index is 0.0301. The quantitative estimate of drug-likeness (QED) is 0.766. The topological polar surface area (TPSA) is 43.4 Å². The van der Waals surface area contributed by atoms with Crippen molar-refractivity contribution in [3.05, 3.63) is 23.0 Å². The van der Waals surface area contributed by atoms with Gasteiger partial charge in [-0.1, -0.05) is 11.6 Å². The largest absolute Gasteiger partial charge is 0.494 e. The summed E-state index contributed by atoms with van der Waals surface area (Å²) in [5, 5.41) is 0.0301. The van der Waals surface area contributed by atoms with E-state index in [9.17, 15) is 12.8 Å². The first kappa shape index (κ1) is 11.6. The van der Waals surface area contributed by atoms with Crippen molar-refractivity contribution in [1.82, 2.24) is 0 Å². The molecule has 0 aliphatic rings. The fourth-order valence-electron chi connectivity index (χ4n) is 0.866. The van der Waals surface area contributed by atoms with Gasteiger partial charge in [0, 0.05) is 21.8 Å². The highest BCUT2D eigenvalue weighted by atomic mass is 35.7. The Morgan fingerprint density at radius 3 is 2.43 bits per heavy atom. The van der Waals surface area contributed by atoms with E-state index in [1.54, 1.807) is 0 Å². The molecule has 0 saturated heterocycles. The number of halogens is 3. The van der Waals surface area contributed by atoms with Crippen molar-refractivity contribution < 1.29 is 17.5 Å². The Morgan fingerprint density at radius 1 is 1.43 bits per heavy atom. The molecule has 1 aromatic carbocycles. The first-order valence-corrected chi connectivity index (χ1v) is 6.02. The second-order valence-electron chi connectivity index (χ2n) is 2.36. The van der Waals surface area contributed by atoms with Gasteiger partial charge in [0.1, 0.15) is 4.90 Å². The van der Waals surface area contributed by atoms with Crippen molar-refractivity contribution in [3.8, 4) is 5.75 Å². The van der Waals surface area contributed by atoms with Gasteiger partial charge in [-0.25, -0.2) is 12.8 Å². The number of ether oxygens (including phenoxy) is 1. The molecule has 0 aromatic heterocycles. The molecule has 0 radical (unpaired) electrons. The van der Waals surface area contributed by atoms with Gasteiger partial charge in [-0.2, -0.15) is 0 Å². The maximum absolute atomic E-state index is 13.3. The van der Waals surface area contributed by atoms with E-state index in [1.807, 2.05) is 0 Å². The second-order valence-corrected chi connectivity index (χ2v) is 5.33. The molecule has 3 nitrogen and oxygen atoms in total. The normalized spacial score (nSPS) is 11.4. The highest BCUT2D eigenvalue weighted by molar-refractivity contribution is 8.13. The van der Waals surface area contributed by atoms with Crippen LogP contribution < -0.4 is 4.74 Å². The average molecular weight is 259 g/mol. The molecule has 0 aliphatic heterocycles. The monoisotopic (exact) mass is 258 g/mol. The summed E-state index contributed by atoms with van der Waals surface area (Å²) in [7, 11) is 2.02. The summed E-state index contributed by atoms with van der Waals surface area (Å²) < 4.78 is 39.7. The Balaban J connectivity index is 3.53. The molecule has 0 saturated carbocycles. The standard InChI is InChI=1S/C7H5Cl2FO3S/c1-13-5-2-4(8)3-6(7(5)10)14(9,11)12/h2-3H,1H3. The maximum Gasteiger partial charge on any atom is 0.264 e. The van der Waals surface area contributed by atoms with Gasteiger partial charge in [-0.3, -0.25) is 0 Å². The van der Waals surface area contributed by atoms with Crippen LogP contribution in [0.2, 0.25) is 5.02 Å². The second kappa shape index (κ2) is 3.92. The fraction of sp³-hybridized carbons (Fsp3) is 0.143. The summed E-state index contributed by atoms with van der Waals surface area (Å²) in [6.07, 6.45) is 0. The number of hydrogen-bond acceptors (Lipinski definition) is 3. The van der Waals surface area contributed by atoms with E-state index in [2.05, 4.69) is 4.74 Å². The molecule has 0 bridgehead atoms. The molecule has 0 unspecified atom stereocenters. The predicted molar refractivity (Wildman–Crippen MR) is 51.0 cm³/mol. The molecule has 0 amide bonds. The van der Waals surface area contributed by atoms with Gasteiger partial charge in [0.15, 0.2) is 11.6 Å². The van der Waals surface area contributed by atoms with E-state index in [1.165, 1.54) is 7.11 Å². The lowest BCUT2D eigenvalue weighted by Gasteiger charge is -2.05. The Kier molecular flexibility index (Phi) is 3.24. The van der Waals surface area contributed by atoms with E-state index < -0.39 is 19.8 Å². The van der Waals surface area contributed by atoms with Crippen LogP contribution in [0.15, 0.2) is 17.0 Å². The van der Waals surface area contributed by atoms with Crippen LogP contribution in [0, 0.1) is 5.82 Å². The summed E-state index contributed by atoms with van der Waals surface area (Å²) in [4.78, 5) is -0.691. The zero-order chi connectivity index (χ0) is 10.9. The van der Waals surface area contributed by atoms with E-state index in [0.717, 1.165) is 12.1 Å². The smallest absolute Gasteiger partial charge is 0.264 e. The van der Waals surface area contributed by atoms with Crippen molar-refractivity contribution in [1.29, 1.82) is 0 Å². The lowest BCUT2D eigenvalue weighted by molar-refractivity contribution is 0.381. The molecule has 0 heterocycles. The minimum atomic E-state index is -4.16. The lowest BCUT2D eigenvalue weighted by Crippen LogP contribution is -1.98. The summed E-state index contributed by atoms with van der Waals surface area (Å²) in [5.41, 5.74) is 0. The molecule has 7 heteroatoms. The van der Waals surface area contributed by atoms with Gasteiger partial charge in [0.05, 0.1) is 7.11 Å². The maximum atomic E-state index is 13.3. The molecule has 0 aliphatic carbocycles. The first-order chi connectivity index (χ1) is 6.36. The van der Waals surface area contributed by atoms with E-state index in [4.69, 9.17) is 22.3 Å². The Labute approximate surface area is 89.8 Å². The zero-order valence-corrected chi connectivity index (χ0v) is 9.25. The van der Waals surface area contributed by atoms with Gasteiger partial charge in [-0.15, -0.1) is 0 Å². The lowest BCUT2D eigenvalue weighted by atomic mass is 10.3. The van der Waals surface area contributed by atoms with Crippen LogP contribution in [0.3, 0.4) is 0 Å². The molecule has 0 fully saturated rings. The van der Waals surface area contributed by atoms with Crippen LogP contribution in [-0.4, -0.2) is 15.5 Å². The number of rotatable bonds is 2. The number of hydrogen-bond donors (Lipinski definition) is 0. The minimum Gasteiger partial charge on any atom is -0.494 e. The fourth-order valence-corrected chi connectivity index (χ4v) is 2.06. The van der Waals surface area contributed by atoms with Crippen LogP contribution in [0.25, 0.3) is 0 Å². The van der Waals surface area contributed by atoms with Gasteiger partial charge in [-0.05, 0) is 6.07 Å². The van der Waals surface area contributed by atoms with Gasteiger partial charge < -0.3 is 4.74 Å². The van der Waals surface area contributed by atoms with Crippen LogP contribution in [-0.2, 0) is 9.05 Å². The van der Waals surface area contributed by atoms with Crippen LogP contribution in [0.5, 0.6) is 5.75 Å². The molecule has 14 heavy (non-hydrogen) atoms. The number of benzene rings is 1. The molecular weight excluding hydrogens is 254 g/mol. The molecule has 0 N–H and O–H groups in total. The highest BCUT2D eigenvalue weighted by Gasteiger charge is 2.20. The summed E-state index contributed by atoms with van der Waals surface area (Å²) in [5.74, 6) is -1.32. The molecular formula is C7H5Cl2FO3S. The van der Waals surface area contributed by atoms with E-state index >= 15 is 0 Å². The third-order valence-electron chi connectivity index (χ3n) is 1.45. The van der Waals surface area contributed by atoms with Crippen molar-refractivity contribution in [2.45, 2.75) is 4.90 Å². The van der Waals surface area contributed by atoms with Crippen molar-refractivity contribution in [2.75, 3.05) is 7.11 Å². The molecule has 1 aromatic rings. The summed E-state index contributed by atoms with van der Waals surface area (Å²) in [6, 6.07) is 2.07. The first-order valence-electron chi connectivity index (χ1n) is 3.34. The molecule has 1 rings (SSSR count). The highest BCUT2D eigenvalue weighted by Crippen LogP contribution is 2.30. The van der Waals surface area contributed by atoms with Gasteiger partial charge >= 0.3 is 0 Å². The van der Waals surface area contributed by atoms with Crippen LogP contribution in [0.4, 0.5) is 4.39 Å². The Bertz CT molecular complexity index is 458. The predicted octanol–water partition coefficient (Wildman–Crippen LogP) is 2.42. The summed E-state index contributed by atoms with van der Waals surface area (Å²) in [6.45, 7) is 0. The van der Waals surface area contributed by atoms with E-state index in [0.29, 0.717) is 0 Å². The van der Waals surface area contributed by atoms with Crippen LogP contribution >= 0.6 is 22.3 Å². The molecule has 0 atom stereocenters. The zero-order valence-electron chi connectivity index (χ0n) is 6.92. The third-order valence-corrected chi connectivity index (χ3v) is 2.99. The van der Waals surface area contributed by atoms with Crippen molar-refractivity contribution in [3.63, 3.8) is 0 Å². The van der Waals surface area contributed by atoms with Crippen molar-refractivity contribution >= 4 is 31.3 Å². The Morgan fingerprint density at radius 2 is 2.00 bits per heavy atom. The molecule has 78 valence electrons. The van der Waals surface area contributed by atoms with Crippen molar-refractivity contribution in [2.24, 2.45) is 0 Å². The third kappa shape index (κ3) is 2.29. The van der Waals surface area contributed by atoms with Gasteiger partial charge in [0.25, 0.3) is 9.05 Å². The number of methoxy groups -OCH3 is 1. The summed E-state index contributed by atoms with van der Waals surface area (Å²) >= 11 is 5.54.